The SMILES string of the molecule is CCCC(N)C(=O)NCCCOC(C)C. The monoisotopic (exact) mass is 216 g/mol. The van der Waals surface area contributed by atoms with Crippen molar-refractivity contribution < 1.29 is 9.53 Å². The Kier molecular flexibility index (Phi) is 8.33. The third-order valence-electron chi connectivity index (χ3n) is 2.01. The van der Waals surface area contributed by atoms with Crippen LogP contribution in [0.2, 0.25) is 0 Å². The van der Waals surface area contributed by atoms with Crippen molar-refractivity contribution in [2.45, 2.75) is 52.2 Å². The number of hydrogen-bond acceptors (Lipinski definition) is 3. The molecule has 3 N–H and O–H groups in total. The van der Waals surface area contributed by atoms with E-state index in [4.69, 9.17) is 10.5 Å². The van der Waals surface area contributed by atoms with E-state index in [2.05, 4.69) is 5.32 Å². The van der Waals surface area contributed by atoms with E-state index in [0.717, 1.165) is 19.3 Å². The molecule has 0 aliphatic carbocycles. The first-order chi connectivity index (χ1) is 7.07. The molecular weight excluding hydrogens is 192 g/mol. The Morgan fingerprint density at radius 3 is 2.67 bits per heavy atom. The quantitative estimate of drug-likeness (QED) is 0.596. The lowest BCUT2D eigenvalue weighted by molar-refractivity contribution is -0.122. The maximum Gasteiger partial charge on any atom is 0.236 e. The summed E-state index contributed by atoms with van der Waals surface area (Å²) in [7, 11) is 0. The van der Waals surface area contributed by atoms with Crippen LogP contribution in [0.15, 0.2) is 0 Å². The average Bonchev–Trinajstić information content (AvgIpc) is 2.16. The standard InChI is InChI=1S/C11H24N2O2/c1-4-6-10(12)11(14)13-7-5-8-15-9(2)3/h9-10H,4-8,12H2,1-3H3,(H,13,14). The van der Waals surface area contributed by atoms with Gasteiger partial charge in [-0.1, -0.05) is 13.3 Å². The first kappa shape index (κ1) is 14.4. The van der Waals surface area contributed by atoms with Crippen molar-refractivity contribution in [3.05, 3.63) is 0 Å². The molecule has 0 aromatic carbocycles. The molecule has 0 spiro atoms. The molecule has 1 unspecified atom stereocenters. The van der Waals surface area contributed by atoms with Gasteiger partial charge in [0.15, 0.2) is 0 Å². The summed E-state index contributed by atoms with van der Waals surface area (Å²) in [6, 6.07) is -0.360. The molecule has 0 aromatic rings. The number of hydrogen-bond donors (Lipinski definition) is 2. The van der Waals surface area contributed by atoms with Crippen molar-refractivity contribution in [3.8, 4) is 0 Å². The molecule has 15 heavy (non-hydrogen) atoms. The van der Waals surface area contributed by atoms with Crippen molar-refractivity contribution >= 4 is 5.91 Å². The fourth-order valence-corrected chi connectivity index (χ4v) is 1.18. The molecule has 0 heterocycles. The molecule has 0 radical (unpaired) electrons. The Bertz CT molecular complexity index is 172. The van der Waals surface area contributed by atoms with Gasteiger partial charge in [0.25, 0.3) is 0 Å². The van der Waals surface area contributed by atoms with Crippen molar-refractivity contribution in [2.24, 2.45) is 5.73 Å². The van der Waals surface area contributed by atoms with Crippen molar-refractivity contribution in [1.82, 2.24) is 5.32 Å². The van der Waals surface area contributed by atoms with E-state index in [1.54, 1.807) is 0 Å². The topological polar surface area (TPSA) is 64.4 Å². The minimum Gasteiger partial charge on any atom is -0.379 e. The molecule has 0 aliphatic heterocycles. The summed E-state index contributed by atoms with van der Waals surface area (Å²) in [5.74, 6) is -0.0543. The summed E-state index contributed by atoms with van der Waals surface area (Å²) >= 11 is 0. The van der Waals surface area contributed by atoms with Crippen LogP contribution >= 0.6 is 0 Å². The van der Waals surface area contributed by atoms with Gasteiger partial charge in [-0.3, -0.25) is 4.79 Å². The van der Waals surface area contributed by atoms with Crippen molar-refractivity contribution in [3.63, 3.8) is 0 Å². The van der Waals surface area contributed by atoms with E-state index in [1.165, 1.54) is 0 Å². The summed E-state index contributed by atoms with van der Waals surface area (Å²) in [4.78, 5) is 11.4. The number of ether oxygens (including phenoxy) is 1. The Morgan fingerprint density at radius 1 is 1.47 bits per heavy atom. The van der Waals surface area contributed by atoms with Crippen LogP contribution in [0.5, 0.6) is 0 Å². The molecule has 90 valence electrons. The molecule has 1 amide bonds. The highest BCUT2D eigenvalue weighted by atomic mass is 16.5. The van der Waals surface area contributed by atoms with Crippen LogP contribution in [0.3, 0.4) is 0 Å². The number of carbonyl (C=O) groups is 1. The predicted octanol–water partition coefficient (Wildman–Crippen LogP) is 1.05. The molecule has 1 atom stereocenters. The van der Waals surface area contributed by atoms with Crippen LogP contribution in [0.1, 0.15) is 40.0 Å². The normalized spacial score (nSPS) is 12.9. The minimum absolute atomic E-state index is 0.0543. The van der Waals surface area contributed by atoms with E-state index < -0.39 is 0 Å². The van der Waals surface area contributed by atoms with Gasteiger partial charge in [-0.05, 0) is 26.7 Å². The van der Waals surface area contributed by atoms with Gasteiger partial charge in [0.1, 0.15) is 0 Å². The van der Waals surface area contributed by atoms with Gasteiger partial charge in [0.2, 0.25) is 5.91 Å². The van der Waals surface area contributed by atoms with Crippen LogP contribution < -0.4 is 11.1 Å². The lowest BCUT2D eigenvalue weighted by Crippen LogP contribution is -2.41. The Labute approximate surface area is 92.6 Å². The van der Waals surface area contributed by atoms with Gasteiger partial charge in [-0.15, -0.1) is 0 Å². The second-order valence-corrected chi connectivity index (χ2v) is 3.96. The second-order valence-electron chi connectivity index (χ2n) is 3.96. The lowest BCUT2D eigenvalue weighted by Gasteiger charge is -2.11. The first-order valence-electron chi connectivity index (χ1n) is 5.72. The molecule has 0 aliphatic rings. The molecule has 0 saturated carbocycles. The second kappa shape index (κ2) is 8.68. The van der Waals surface area contributed by atoms with Gasteiger partial charge in [-0.25, -0.2) is 0 Å². The highest BCUT2D eigenvalue weighted by Crippen LogP contribution is 1.93. The lowest BCUT2D eigenvalue weighted by atomic mass is 10.2. The first-order valence-corrected chi connectivity index (χ1v) is 5.72. The molecule has 4 heteroatoms. The number of amides is 1. The highest BCUT2D eigenvalue weighted by molar-refractivity contribution is 5.81. The third-order valence-corrected chi connectivity index (χ3v) is 2.01. The molecular formula is C11H24N2O2. The van der Waals surface area contributed by atoms with Crippen LogP contribution in [-0.4, -0.2) is 31.2 Å². The fraction of sp³-hybridized carbons (Fsp3) is 0.909. The molecule has 0 rings (SSSR count). The molecule has 4 nitrogen and oxygen atoms in total. The smallest absolute Gasteiger partial charge is 0.236 e. The summed E-state index contributed by atoms with van der Waals surface area (Å²) < 4.78 is 5.35. The fourth-order valence-electron chi connectivity index (χ4n) is 1.18. The zero-order valence-corrected chi connectivity index (χ0v) is 10.1. The maximum absolute atomic E-state index is 11.4. The summed E-state index contributed by atoms with van der Waals surface area (Å²) in [5.41, 5.74) is 5.65. The van der Waals surface area contributed by atoms with E-state index in [-0.39, 0.29) is 18.1 Å². The van der Waals surface area contributed by atoms with Crippen LogP contribution in [0, 0.1) is 0 Å². The van der Waals surface area contributed by atoms with Gasteiger partial charge < -0.3 is 15.8 Å². The van der Waals surface area contributed by atoms with Gasteiger partial charge in [-0.2, -0.15) is 0 Å². The van der Waals surface area contributed by atoms with E-state index in [1.807, 2.05) is 20.8 Å². The van der Waals surface area contributed by atoms with E-state index in [0.29, 0.717) is 13.2 Å². The van der Waals surface area contributed by atoms with Crippen molar-refractivity contribution in [1.29, 1.82) is 0 Å². The zero-order valence-electron chi connectivity index (χ0n) is 10.1. The Balaban J connectivity index is 3.38. The minimum atomic E-state index is -0.360. The Morgan fingerprint density at radius 2 is 2.13 bits per heavy atom. The van der Waals surface area contributed by atoms with Gasteiger partial charge in [0.05, 0.1) is 12.1 Å². The van der Waals surface area contributed by atoms with Crippen LogP contribution in [0.4, 0.5) is 0 Å². The predicted molar refractivity (Wildman–Crippen MR) is 61.6 cm³/mol. The van der Waals surface area contributed by atoms with Crippen LogP contribution in [-0.2, 0) is 9.53 Å². The van der Waals surface area contributed by atoms with E-state index >= 15 is 0 Å². The molecule has 0 fully saturated rings. The van der Waals surface area contributed by atoms with Gasteiger partial charge in [0, 0.05) is 13.2 Å². The maximum atomic E-state index is 11.4. The highest BCUT2D eigenvalue weighted by Gasteiger charge is 2.10. The molecule has 0 aromatic heterocycles. The number of carbonyl (C=O) groups excluding carboxylic acids is 1. The summed E-state index contributed by atoms with van der Waals surface area (Å²) in [6.07, 6.45) is 2.77. The van der Waals surface area contributed by atoms with E-state index in [9.17, 15) is 4.79 Å². The number of rotatable bonds is 8. The van der Waals surface area contributed by atoms with Crippen LogP contribution in [0.25, 0.3) is 0 Å². The number of nitrogens with one attached hydrogen (secondary N) is 1. The summed E-state index contributed by atoms with van der Waals surface area (Å²) in [5, 5.41) is 2.80. The van der Waals surface area contributed by atoms with Gasteiger partial charge >= 0.3 is 0 Å². The van der Waals surface area contributed by atoms with Crippen molar-refractivity contribution in [2.75, 3.05) is 13.2 Å². The Hall–Kier alpha value is -0.610. The average molecular weight is 216 g/mol. The number of nitrogens with two attached hydrogens (primary N) is 1. The molecule has 0 saturated heterocycles. The molecule has 0 bridgehead atoms. The summed E-state index contributed by atoms with van der Waals surface area (Å²) in [6.45, 7) is 7.33. The zero-order chi connectivity index (χ0) is 11.7. The third kappa shape index (κ3) is 8.39. The largest absolute Gasteiger partial charge is 0.379 e.